The minimum Gasteiger partial charge on any atom is -0.490 e. The minimum absolute atomic E-state index is 0.0550. The molecule has 0 aromatic heterocycles. The van der Waals surface area contributed by atoms with E-state index in [0.717, 1.165) is 17.0 Å². The first-order valence-corrected chi connectivity index (χ1v) is 7.70. The zero-order valence-corrected chi connectivity index (χ0v) is 12.9. The minimum atomic E-state index is -0.383. The van der Waals surface area contributed by atoms with Crippen molar-refractivity contribution in [1.29, 1.82) is 0 Å². The fourth-order valence-electron chi connectivity index (χ4n) is 3.10. The van der Waals surface area contributed by atoms with Gasteiger partial charge in [0.1, 0.15) is 18.1 Å². The smallest absolute Gasteiger partial charge is 0.270 e. The van der Waals surface area contributed by atoms with Crippen LogP contribution in [-0.4, -0.2) is 24.9 Å². The highest BCUT2D eigenvalue weighted by Crippen LogP contribution is 2.37. The maximum Gasteiger partial charge on any atom is 0.270 e. The molecule has 2 aliphatic rings. The summed E-state index contributed by atoms with van der Waals surface area (Å²) in [5.41, 5.74) is 2.54. The quantitative estimate of drug-likeness (QED) is 0.637. The lowest BCUT2D eigenvalue weighted by Crippen LogP contribution is -2.32. The molecule has 4 rings (SSSR count). The molecular formula is C17H16N2O5. The fourth-order valence-corrected chi connectivity index (χ4v) is 3.10. The molecule has 0 N–H and O–H groups in total. The molecule has 0 radical (unpaired) electrons. The van der Waals surface area contributed by atoms with Gasteiger partial charge in [-0.15, -0.1) is 0 Å². The Hall–Kier alpha value is -2.80. The summed E-state index contributed by atoms with van der Waals surface area (Å²) in [6.45, 7) is 2.30. The van der Waals surface area contributed by atoms with Crippen LogP contribution in [0.2, 0.25) is 0 Å². The van der Waals surface area contributed by atoms with E-state index in [9.17, 15) is 10.1 Å². The van der Waals surface area contributed by atoms with E-state index in [1.165, 1.54) is 6.07 Å². The van der Waals surface area contributed by atoms with Gasteiger partial charge in [0, 0.05) is 29.8 Å². The average molecular weight is 328 g/mol. The van der Waals surface area contributed by atoms with Crippen LogP contribution in [0.25, 0.3) is 0 Å². The fraction of sp³-hybridized carbons (Fsp3) is 0.294. The Bertz CT molecular complexity index is 793. The monoisotopic (exact) mass is 328 g/mol. The van der Waals surface area contributed by atoms with Gasteiger partial charge in [-0.05, 0) is 12.1 Å². The highest BCUT2D eigenvalue weighted by Gasteiger charge is 2.24. The second-order valence-electron chi connectivity index (χ2n) is 5.70. The van der Waals surface area contributed by atoms with Crippen LogP contribution >= 0.6 is 0 Å². The number of benzene rings is 2. The molecular weight excluding hydrogens is 312 g/mol. The predicted molar refractivity (Wildman–Crippen MR) is 86.4 cm³/mol. The van der Waals surface area contributed by atoms with Crippen LogP contribution < -0.4 is 14.4 Å². The van der Waals surface area contributed by atoms with Crippen LogP contribution in [0.3, 0.4) is 0 Å². The SMILES string of the molecule is O=[N+]([O-])c1cc2c(c(CN3CCOc4ccccc43)c1)OCOC2. The Labute approximate surface area is 138 Å². The van der Waals surface area contributed by atoms with Crippen molar-refractivity contribution in [2.45, 2.75) is 13.2 Å². The second-order valence-corrected chi connectivity index (χ2v) is 5.70. The summed E-state index contributed by atoms with van der Waals surface area (Å²) in [5, 5.41) is 11.2. The van der Waals surface area contributed by atoms with Gasteiger partial charge in [0.2, 0.25) is 0 Å². The van der Waals surface area contributed by atoms with E-state index in [1.807, 2.05) is 24.3 Å². The number of fused-ring (bicyclic) bond motifs is 2. The Morgan fingerprint density at radius 2 is 2.08 bits per heavy atom. The van der Waals surface area contributed by atoms with E-state index in [4.69, 9.17) is 14.2 Å². The number of non-ortho nitro benzene ring substituents is 1. The standard InChI is InChI=1S/C17H16N2O5/c20-19(21)14-7-12(17-13(8-14)10-22-11-24-17)9-18-5-6-23-16-4-2-1-3-15(16)18/h1-4,7-8H,5-6,9-11H2. The Kier molecular flexibility index (Phi) is 3.70. The number of hydrogen-bond donors (Lipinski definition) is 0. The Balaban J connectivity index is 1.72. The van der Waals surface area contributed by atoms with Gasteiger partial charge in [-0.3, -0.25) is 10.1 Å². The molecule has 2 aromatic rings. The van der Waals surface area contributed by atoms with Gasteiger partial charge >= 0.3 is 0 Å². The van der Waals surface area contributed by atoms with E-state index in [-0.39, 0.29) is 17.4 Å². The van der Waals surface area contributed by atoms with Crippen molar-refractivity contribution in [3.8, 4) is 11.5 Å². The third kappa shape index (κ3) is 2.63. The Morgan fingerprint density at radius 1 is 1.21 bits per heavy atom. The van der Waals surface area contributed by atoms with E-state index in [1.54, 1.807) is 6.07 Å². The summed E-state index contributed by atoms with van der Waals surface area (Å²) in [4.78, 5) is 13.0. The van der Waals surface area contributed by atoms with Gasteiger partial charge in [-0.25, -0.2) is 0 Å². The third-order valence-corrected chi connectivity index (χ3v) is 4.17. The summed E-state index contributed by atoms with van der Waals surface area (Å²) in [6.07, 6.45) is 0. The maximum atomic E-state index is 11.2. The molecule has 0 bridgehead atoms. The first-order chi connectivity index (χ1) is 11.7. The van der Waals surface area contributed by atoms with Crippen molar-refractivity contribution >= 4 is 11.4 Å². The first kappa shape index (κ1) is 14.8. The summed E-state index contributed by atoms with van der Waals surface area (Å²) in [7, 11) is 0. The van der Waals surface area contributed by atoms with E-state index in [2.05, 4.69) is 4.90 Å². The van der Waals surface area contributed by atoms with E-state index >= 15 is 0 Å². The number of nitro benzene ring substituents is 1. The molecule has 0 aliphatic carbocycles. The Morgan fingerprint density at radius 3 is 2.96 bits per heavy atom. The molecule has 7 nitrogen and oxygen atoms in total. The second kappa shape index (κ2) is 6.01. The van der Waals surface area contributed by atoms with Crippen molar-refractivity contribution in [3.63, 3.8) is 0 Å². The third-order valence-electron chi connectivity index (χ3n) is 4.17. The van der Waals surface area contributed by atoms with Crippen LogP contribution in [0.1, 0.15) is 11.1 Å². The van der Waals surface area contributed by atoms with E-state index < -0.39 is 0 Å². The van der Waals surface area contributed by atoms with Gasteiger partial charge in [-0.2, -0.15) is 0 Å². The molecule has 0 atom stereocenters. The molecule has 7 heteroatoms. The number of nitro groups is 1. The molecule has 2 aliphatic heterocycles. The van der Waals surface area contributed by atoms with Gasteiger partial charge in [-0.1, -0.05) is 12.1 Å². The first-order valence-electron chi connectivity index (χ1n) is 7.70. The van der Waals surface area contributed by atoms with Crippen LogP contribution in [0.5, 0.6) is 11.5 Å². The van der Waals surface area contributed by atoms with Gasteiger partial charge in [0.15, 0.2) is 6.79 Å². The van der Waals surface area contributed by atoms with Gasteiger partial charge < -0.3 is 19.1 Å². The summed E-state index contributed by atoms with van der Waals surface area (Å²) in [5.74, 6) is 1.52. The molecule has 2 aromatic carbocycles. The molecule has 0 fully saturated rings. The summed E-state index contributed by atoms with van der Waals surface area (Å²) >= 11 is 0. The number of hydrogen-bond acceptors (Lipinski definition) is 6. The molecule has 2 heterocycles. The van der Waals surface area contributed by atoms with Crippen LogP contribution in [0, 0.1) is 10.1 Å². The van der Waals surface area contributed by atoms with Crippen molar-refractivity contribution in [1.82, 2.24) is 0 Å². The van der Waals surface area contributed by atoms with Crippen LogP contribution in [0.15, 0.2) is 36.4 Å². The maximum absolute atomic E-state index is 11.2. The number of ether oxygens (including phenoxy) is 3. The lowest BCUT2D eigenvalue weighted by molar-refractivity contribution is -0.385. The molecule has 0 unspecified atom stereocenters. The molecule has 0 spiro atoms. The van der Waals surface area contributed by atoms with Crippen molar-refractivity contribution in [2.75, 3.05) is 24.8 Å². The highest BCUT2D eigenvalue weighted by atomic mass is 16.7. The number of nitrogens with zero attached hydrogens (tertiary/aromatic N) is 2. The predicted octanol–water partition coefficient (Wildman–Crippen LogP) is 2.86. The van der Waals surface area contributed by atoms with Crippen molar-refractivity contribution in [3.05, 3.63) is 57.6 Å². The largest absolute Gasteiger partial charge is 0.490 e. The summed E-state index contributed by atoms with van der Waals surface area (Å²) < 4.78 is 16.5. The van der Waals surface area contributed by atoms with Crippen molar-refractivity contribution < 1.29 is 19.1 Å². The normalized spacial score (nSPS) is 15.8. The number of anilines is 1. The lowest BCUT2D eigenvalue weighted by atomic mass is 10.1. The highest BCUT2D eigenvalue weighted by molar-refractivity contribution is 5.61. The molecule has 124 valence electrons. The molecule has 0 saturated heterocycles. The van der Waals surface area contributed by atoms with Crippen LogP contribution in [-0.2, 0) is 17.9 Å². The molecule has 24 heavy (non-hydrogen) atoms. The van der Waals surface area contributed by atoms with Crippen molar-refractivity contribution in [2.24, 2.45) is 0 Å². The number of para-hydroxylation sites is 2. The number of rotatable bonds is 3. The zero-order chi connectivity index (χ0) is 16.5. The molecule has 0 amide bonds. The van der Waals surface area contributed by atoms with E-state index in [0.29, 0.717) is 37.6 Å². The lowest BCUT2D eigenvalue weighted by Gasteiger charge is -2.32. The molecule has 0 saturated carbocycles. The van der Waals surface area contributed by atoms with Crippen LogP contribution in [0.4, 0.5) is 11.4 Å². The van der Waals surface area contributed by atoms with Gasteiger partial charge in [0.25, 0.3) is 5.69 Å². The topological polar surface area (TPSA) is 74.1 Å². The zero-order valence-electron chi connectivity index (χ0n) is 12.9. The van der Waals surface area contributed by atoms with Gasteiger partial charge in [0.05, 0.1) is 23.8 Å². The average Bonchev–Trinajstić information content (AvgIpc) is 2.62. The summed E-state index contributed by atoms with van der Waals surface area (Å²) in [6, 6.07) is 10.9.